The molecule has 1 nitrogen and oxygen atoms in total. The molecule has 1 spiro atoms. The summed E-state index contributed by atoms with van der Waals surface area (Å²) in [7, 11) is 0. The van der Waals surface area contributed by atoms with Gasteiger partial charge in [-0.05, 0) is 98.1 Å². The van der Waals surface area contributed by atoms with Crippen molar-refractivity contribution in [3.05, 3.63) is 184 Å². The van der Waals surface area contributed by atoms with Gasteiger partial charge in [-0.2, -0.15) is 0 Å². The minimum atomic E-state index is -0.359. The lowest BCUT2D eigenvalue weighted by Gasteiger charge is -2.30. The quantitative estimate of drug-likeness (QED) is 0.178. The second kappa shape index (κ2) is 9.17. The van der Waals surface area contributed by atoms with Gasteiger partial charge in [0.2, 0.25) is 0 Å². The van der Waals surface area contributed by atoms with Crippen LogP contribution in [0.1, 0.15) is 22.3 Å². The summed E-state index contributed by atoms with van der Waals surface area (Å²) in [6.45, 7) is 0. The molecule has 7 aromatic carbocycles. The lowest BCUT2D eigenvalue weighted by atomic mass is 9.70. The average Bonchev–Trinajstić information content (AvgIpc) is 3.69. The molecule has 0 N–H and O–H groups in total. The average molecular weight is 637 g/mol. The van der Waals surface area contributed by atoms with Gasteiger partial charge in [-0.25, -0.2) is 0 Å². The number of benzene rings is 7. The molecule has 2 heteroatoms. The molecule has 0 saturated carbocycles. The third-order valence-electron chi connectivity index (χ3n) is 10.1. The Hall–Kier alpha value is -5.18. The maximum absolute atomic E-state index is 3.66. The number of hydrogen-bond donors (Lipinski definition) is 0. The molecule has 0 saturated heterocycles. The highest BCUT2D eigenvalue weighted by molar-refractivity contribution is 9.10. The van der Waals surface area contributed by atoms with Gasteiger partial charge in [0.25, 0.3) is 0 Å². The van der Waals surface area contributed by atoms with E-state index in [0.29, 0.717) is 0 Å². The van der Waals surface area contributed by atoms with Crippen molar-refractivity contribution in [2.24, 2.45) is 0 Å². The van der Waals surface area contributed by atoms with Crippen molar-refractivity contribution in [2.75, 3.05) is 0 Å². The SMILES string of the molecule is Brc1cccc(-c2ccc3c(c2)c2ccccc2n3-c2ccc3c(c2)C2(c4ccccc4-c4ccccc42)c2ccccc2-3)c1. The van der Waals surface area contributed by atoms with Crippen molar-refractivity contribution in [1.82, 2.24) is 4.57 Å². The van der Waals surface area contributed by atoms with E-state index in [4.69, 9.17) is 0 Å². The van der Waals surface area contributed by atoms with E-state index >= 15 is 0 Å². The highest BCUT2D eigenvalue weighted by Crippen LogP contribution is 2.62. The molecule has 8 aromatic rings. The van der Waals surface area contributed by atoms with Gasteiger partial charge in [0.15, 0.2) is 0 Å². The first-order valence-corrected chi connectivity index (χ1v) is 16.3. The summed E-state index contributed by atoms with van der Waals surface area (Å²) >= 11 is 3.66. The second-order valence-corrected chi connectivity index (χ2v) is 13.1. The van der Waals surface area contributed by atoms with E-state index in [0.717, 1.165) is 4.47 Å². The third-order valence-corrected chi connectivity index (χ3v) is 10.6. The van der Waals surface area contributed by atoms with Crippen molar-refractivity contribution in [1.29, 1.82) is 0 Å². The molecule has 2 aliphatic carbocycles. The number of nitrogens with zero attached hydrogens (tertiary/aromatic N) is 1. The molecule has 10 rings (SSSR count). The van der Waals surface area contributed by atoms with Crippen molar-refractivity contribution < 1.29 is 0 Å². The van der Waals surface area contributed by atoms with Gasteiger partial charge in [0.1, 0.15) is 0 Å². The Labute approximate surface area is 270 Å². The van der Waals surface area contributed by atoms with Crippen molar-refractivity contribution in [3.8, 4) is 39.1 Å². The molecule has 1 heterocycles. The first-order valence-electron chi connectivity index (χ1n) is 15.5. The molecule has 0 bridgehead atoms. The zero-order valence-corrected chi connectivity index (χ0v) is 25.9. The van der Waals surface area contributed by atoms with Crippen LogP contribution in [0.4, 0.5) is 0 Å². The molecule has 0 aliphatic heterocycles. The Morgan fingerprint density at radius 3 is 1.67 bits per heavy atom. The molecule has 0 radical (unpaired) electrons. The topological polar surface area (TPSA) is 4.93 Å². The van der Waals surface area contributed by atoms with E-state index in [2.05, 4.69) is 178 Å². The van der Waals surface area contributed by atoms with Gasteiger partial charge >= 0.3 is 0 Å². The summed E-state index contributed by atoms with van der Waals surface area (Å²) in [6, 6.07) is 58.5. The fourth-order valence-electron chi connectivity index (χ4n) is 8.32. The Morgan fingerprint density at radius 1 is 0.400 bits per heavy atom. The van der Waals surface area contributed by atoms with Crippen LogP contribution in [0, 0.1) is 0 Å². The number of hydrogen-bond acceptors (Lipinski definition) is 0. The number of rotatable bonds is 2. The zero-order chi connectivity index (χ0) is 29.7. The third kappa shape index (κ3) is 3.27. The van der Waals surface area contributed by atoms with Gasteiger partial charge in [-0.3, -0.25) is 0 Å². The van der Waals surface area contributed by atoms with Gasteiger partial charge in [0, 0.05) is 20.9 Å². The minimum absolute atomic E-state index is 0.359. The summed E-state index contributed by atoms with van der Waals surface area (Å²) in [5.74, 6) is 0. The zero-order valence-electron chi connectivity index (χ0n) is 24.3. The molecule has 0 fully saturated rings. The monoisotopic (exact) mass is 635 g/mol. The van der Waals surface area contributed by atoms with Crippen molar-refractivity contribution in [3.63, 3.8) is 0 Å². The predicted molar refractivity (Wildman–Crippen MR) is 190 cm³/mol. The first kappa shape index (κ1) is 25.2. The summed E-state index contributed by atoms with van der Waals surface area (Å²) in [4.78, 5) is 0. The summed E-state index contributed by atoms with van der Waals surface area (Å²) in [5.41, 5.74) is 16.5. The summed E-state index contributed by atoms with van der Waals surface area (Å²) in [5, 5.41) is 2.53. The molecule has 210 valence electrons. The molecular weight excluding hydrogens is 610 g/mol. The van der Waals surface area contributed by atoms with Gasteiger partial charge in [0.05, 0.1) is 16.4 Å². The Kier molecular flexibility index (Phi) is 5.13. The van der Waals surface area contributed by atoms with Gasteiger partial charge in [-0.1, -0.05) is 131 Å². The standard InChI is InChI=1S/C43H26BrN/c44-29-11-9-10-27(24-29)28-20-23-42-36(25-28)35-15-4-8-19-41(35)45(42)30-21-22-34-33-14-3-7-18-39(33)43(40(34)26-30)37-16-5-1-12-31(37)32-13-2-6-17-38(32)43/h1-26H. The van der Waals surface area contributed by atoms with Crippen molar-refractivity contribution in [2.45, 2.75) is 5.41 Å². The molecular formula is C43H26BrN. The molecule has 2 aliphatic rings. The Bertz CT molecular complexity index is 2450. The largest absolute Gasteiger partial charge is 0.309 e. The van der Waals surface area contributed by atoms with Crippen LogP contribution >= 0.6 is 15.9 Å². The van der Waals surface area contributed by atoms with Gasteiger partial charge < -0.3 is 4.57 Å². The summed E-state index contributed by atoms with van der Waals surface area (Å²) < 4.78 is 3.55. The van der Waals surface area contributed by atoms with Crippen LogP contribution in [0.15, 0.2) is 162 Å². The van der Waals surface area contributed by atoms with Crippen LogP contribution in [0.25, 0.3) is 60.9 Å². The number of fused-ring (bicyclic) bond motifs is 13. The summed E-state index contributed by atoms with van der Waals surface area (Å²) in [6.07, 6.45) is 0. The molecule has 1 aromatic heterocycles. The fourth-order valence-corrected chi connectivity index (χ4v) is 8.72. The lowest BCUT2D eigenvalue weighted by molar-refractivity contribution is 0.792. The number of halogens is 1. The number of aromatic nitrogens is 1. The second-order valence-electron chi connectivity index (χ2n) is 12.2. The van der Waals surface area contributed by atoms with Gasteiger partial charge in [-0.15, -0.1) is 0 Å². The van der Waals surface area contributed by atoms with E-state index in [1.165, 1.54) is 83.1 Å². The van der Waals surface area contributed by atoms with Crippen molar-refractivity contribution >= 4 is 37.7 Å². The molecule has 0 amide bonds. The molecule has 45 heavy (non-hydrogen) atoms. The van der Waals surface area contributed by atoms with E-state index in [1.807, 2.05) is 0 Å². The van der Waals surface area contributed by atoms with Crippen LogP contribution in [-0.4, -0.2) is 4.57 Å². The van der Waals surface area contributed by atoms with Crippen LogP contribution < -0.4 is 0 Å². The van der Waals surface area contributed by atoms with E-state index in [9.17, 15) is 0 Å². The predicted octanol–water partition coefficient (Wildman–Crippen LogP) is 11.6. The Balaban J connectivity index is 1.27. The van der Waals surface area contributed by atoms with Crippen LogP contribution in [-0.2, 0) is 5.41 Å². The highest BCUT2D eigenvalue weighted by Gasteiger charge is 2.51. The normalized spacial score (nSPS) is 13.6. The first-order chi connectivity index (χ1) is 22.2. The fraction of sp³-hybridized carbons (Fsp3) is 0.0233. The minimum Gasteiger partial charge on any atom is -0.309 e. The molecule has 0 unspecified atom stereocenters. The maximum Gasteiger partial charge on any atom is 0.0726 e. The molecule has 0 atom stereocenters. The van der Waals surface area contributed by atoms with E-state index < -0.39 is 0 Å². The van der Waals surface area contributed by atoms with Crippen LogP contribution in [0.3, 0.4) is 0 Å². The van der Waals surface area contributed by atoms with E-state index in [-0.39, 0.29) is 5.41 Å². The van der Waals surface area contributed by atoms with E-state index in [1.54, 1.807) is 0 Å². The Morgan fingerprint density at radius 2 is 0.978 bits per heavy atom. The smallest absolute Gasteiger partial charge is 0.0726 e. The highest BCUT2D eigenvalue weighted by atomic mass is 79.9. The maximum atomic E-state index is 3.66. The lowest BCUT2D eigenvalue weighted by Crippen LogP contribution is -2.26. The van der Waals surface area contributed by atoms with Crippen LogP contribution in [0.5, 0.6) is 0 Å². The van der Waals surface area contributed by atoms with Crippen LogP contribution in [0.2, 0.25) is 0 Å². The number of para-hydroxylation sites is 1.